The lowest BCUT2D eigenvalue weighted by Gasteiger charge is -1.82. The average Bonchev–Trinajstić information content (AvgIpc) is 2.46. The van der Waals surface area contributed by atoms with Crippen LogP contribution in [0.25, 0.3) is 0 Å². The predicted molar refractivity (Wildman–Crippen MR) is 80.6 cm³/mol. The van der Waals surface area contributed by atoms with E-state index in [9.17, 15) is 0 Å². The molecule has 0 unspecified atom stereocenters. The van der Waals surface area contributed by atoms with Gasteiger partial charge >= 0.3 is 0 Å². The summed E-state index contributed by atoms with van der Waals surface area (Å²) in [7, 11) is 0. The highest BCUT2D eigenvalue weighted by Gasteiger charge is 1.73. The molecule has 2 aromatic rings. The van der Waals surface area contributed by atoms with E-state index in [4.69, 9.17) is 0 Å². The maximum atomic E-state index is 3.98. The van der Waals surface area contributed by atoms with Crippen LogP contribution >= 0.6 is 0 Å². The van der Waals surface area contributed by atoms with Crippen LogP contribution in [0.5, 0.6) is 0 Å². The molecule has 0 bridgehead atoms. The fraction of sp³-hybridized carbons (Fsp3) is 0.375. The predicted octanol–water partition coefficient (Wildman–Crippen LogP) is 4.83. The number of nitrogens with zero attached hydrogens (tertiary/aromatic N) is 2. The topological polar surface area (TPSA) is 25.8 Å². The van der Waals surface area contributed by atoms with E-state index in [0.29, 0.717) is 0 Å². The van der Waals surface area contributed by atoms with Crippen molar-refractivity contribution in [1.82, 2.24) is 9.97 Å². The molecule has 0 atom stereocenters. The Morgan fingerprint density at radius 3 is 1.67 bits per heavy atom. The molecule has 2 heteroatoms. The molecular formula is C16H26N2. The van der Waals surface area contributed by atoms with Gasteiger partial charge in [0.15, 0.2) is 0 Å². The van der Waals surface area contributed by atoms with Gasteiger partial charge in [-0.2, -0.15) is 0 Å². The third-order valence-corrected chi connectivity index (χ3v) is 1.62. The number of hydrogen-bond donors (Lipinski definition) is 0. The molecule has 0 aliphatic heterocycles. The summed E-state index contributed by atoms with van der Waals surface area (Å²) in [5.74, 6) is 0. The first-order valence-electron chi connectivity index (χ1n) is 6.53. The van der Waals surface area contributed by atoms with Crippen molar-refractivity contribution in [2.45, 2.75) is 41.5 Å². The van der Waals surface area contributed by atoms with Gasteiger partial charge in [-0.05, 0) is 37.6 Å². The highest BCUT2D eigenvalue weighted by Crippen LogP contribution is 1.88. The van der Waals surface area contributed by atoms with Crippen molar-refractivity contribution in [3.8, 4) is 0 Å². The molecule has 0 fully saturated rings. The molecule has 2 rings (SSSR count). The molecule has 0 aliphatic rings. The van der Waals surface area contributed by atoms with E-state index in [1.165, 1.54) is 5.56 Å². The lowest BCUT2D eigenvalue weighted by atomic mass is 10.3. The molecular weight excluding hydrogens is 220 g/mol. The van der Waals surface area contributed by atoms with Crippen molar-refractivity contribution in [1.29, 1.82) is 0 Å². The number of aromatic nitrogens is 2. The fourth-order valence-electron chi connectivity index (χ4n) is 0.896. The van der Waals surface area contributed by atoms with Gasteiger partial charge in [0.05, 0.1) is 0 Å². The molecule has 0 aliphatic carbocycles. The molecule has 0 N–H and O–H groups in total. The molecule has 2 aromatic heterocycles. The minimum absolute atomic E-state index is 1.07. The van der Waals surface area contributed by atoms with Crippen molar-refractivity contribution >= 4 is 0 Å². The molecule has 0 saturated heterocycles. The molecule has 0 amide bonds. The zero-order valence-corrected chi connectivity index (χ0v) is 12.5. The van der Waals surface area contributed by atoms with E-state index >= 15 is 0 Å². The van der Waals surface area contributed by atoms with Crippen LogP contribution in [0.1, 0.15) is 39.0 Å². The van der Waals surface area contributed by atoms with E-state index in [-0.39, 0.29) is 0 Å². The van der Waals surface area contributed by atoms with Gasteiger partial charge in [-0.25, -0.2) is 0 Å². The lowest BCUT2D eigenvalue weighted by molar-refractivity contribution is 1.20. The second kappa shape index (κ2) is 15.3. The summed E-state index contributed by atoms with van der Waals surface area (Å²) in [5, 5.41) is 0. The molecule has 2 heterocycles. The molecule has 0 spiro atoms. The zero-order chi connectivity index (χ0) is 14.2. The second-order valence-corrected chi connectivity index (χ2v) is 3.00. The summed E-state index contributed by atoms with van der Waals surface area (Å²) in [6.45, 7) is 12.0. The van der Waals surface area contributed by atoms with Crippen LogP contribution in [0.2, 0.25) is 0 Å². The summed E-state index contributed by atoms with van der Waals surface area (Å²) in [4.78, 5) is 7.86. The third kappa shape index (κ3) is 12.4. The average molecular weight is 246 g/mol. The Bertz CT molecular complexity index is 306. The SMILES string of the molecule is CC.CC.Cc1ccccn1.Cc1cccnc1. The molecule has 0 saturated carbocycles. The van der Waals surface area contributed by atoms with E-state index in [1.807, 2.05) is 78.1 Å². The van der Waals surface area contributed by atoms with Gasteiger partial charge in [0, 0.05) is 24.3 Å². The molecule has 0 aromatic carbocycles. The fourth-order valence-corrected chi connectivity index (χ4v) is 0.896. The summed E-state index contributed by atoms with van der Waals surface area (Å²) >= 11 is 0. The van der Waals surface area contributed by atoms with Gasteiger partial charge in [0.1, 0.15) is 0 Å². The Kier molecular flexibility index (Phi) is 15.9. The van der Waals surface area contributed by atoms with Gasteiger partial charge in [0.25, 0.3) is 0 Å². The van der Waals surface area contributed by atoms with Crippen molar-refractivity contribution in [2.75, 3.05) is 0 Å². The summed E-state index contributed by atoms with van der Waals surface area (Å²) in [5.41, 5.74) is 2.28. The quantitative estimate of drug-likeness (QED) is 0.665. The molecule has 2 nitrogen and oxygen atoms in total. The highest BCUT2D eigenvalue weighted by atomic mass is 14.6. The normalized spacial score (nSPS) is 7.44. The van der Waals surface area contributed by atoms with Gasteiger partial charge < -0.3 is 0 Å². The van der Waals surface area contributed by atoms with Crippen LogP contribution in [0.4, 0.5) is 0 Å². The zero-order valence-electron chi connectivity index (χ0n) is 12.5. The summed E-state index contributed by atoms with van der Waals surface area (Å²) in [6, 6.07) is 9.80. The Hall–Kier alpha value is -1.70. The number of aryl methyl sites for hydroxylation is 2. The smallest absolute Gasteiger partial charge is 0.0372 e. The second-order valence-electron chi connectivity index (χ2n) is 3.00. The Labute approximate surface area is 112 Å². The standard InChI is InChI=1S/2C6H7N.2C2H6/c1-6-3-2-4-7-5-6;1-6-4-2-3-5-7-6;2*1-2/h2*2-5H,1H3;2*1-2H3. The van der Waals surface area contributed by atoms with Gasteiger partial charge in [0.2, 0.25) is 0 Å². The first kappa shape index (κ1) is 18.7. The van der Waals surface area contributed by atoms with Crippen molar-refractivity contribution in [3.63, 3.8) is 0 Å². The van der Waals surface area contributed by atoms with E-state index < -0.39 is 0 Å². The Morgan fingerprint density at radius 2 is 1.44 bits per heavy atom. The summed E-state index contributed by atoms with van der Waals surface area (Å²) in [6.07, 6.45) is 5.39. The van der Waals surface area contributed by atoms with Crippen molar-refractivity contribution < 1.29 is 0 Å². The first-order chi connectivity index (χ1) is 8.79. The Morgan fingerprint density at radius 1 is 0.778 bits per heavy atom. The maximum absolute atomic E-state index is 3.98. The van der Waals surface area contributed by atoms with E-state index in [1.54, 1.807) is 12.4 Å². The first-order valence-corrected chi connectivity index (χ1v) is 6.53. The van der Waals surface area contributed by atoms with E-state index in [0.717, 1.165) is 5.69 Å². The largest absolute Gasteiger partial charge is 0.264 e. The maximum Gasteiger partial charge on any atom is 0.0372 e. The minimum Gasteiger partial charge on any atom is -0.264 e. The molecule has 100 valence electrons. The van der Waals surface area contributed by atoms with Gasteiger partial charge in [-0.15, -0.1) is 0 Å². The van der Waals surface area contributed by atoms with Crippen LogP contribution in [-0.2, 0) is 0 Å². The van der Waals surface area contributed by atoms with Crippen LogP contribution in [-0.4, -0.2) is 9.97 Å². The number of pyridine rings is 2. The number of hydrogen-bond acceptors (Lipinski definition) is 2. The highest BCUT2D eigenvalue weighted by molar-refractivity contribution is 5.04. The molecule has 0 radical (unpaired) electrons. The van der Waals surface area contributed by atoms with Crippen LogP contribution in [0, 0.1) is 13.8 Å². The minimum atomic E-state index is 1.07. The van der Waals surface area contributed by atoms with E-state index in [2.05, 4.69) is 9.97 Å². The van der Waals surface area contributed by atoms with Crippen LogP contribution < -0.4 is 0 Å². The van der Waals surface area contributed by atoms with Crippen LogP contribution in [0.3, 0.4) is 0 Å². The van der Waals surface area contributed by atoms with Gasteiger partial charge in [-0.1, -0.05) is 39.8 Å². The van der Waals surface area contributed by atoms with Crippen molar-refractivity contribution in [2.24, 2.45) is 0 Å². The summed E-state index contributed by atoms with van der Waals surface area (Å²) < 4.78 is 0. The third-order valence-electron chi connectivity index (χ3n) is 1.62. The van der Waals surface area contributed by atoms with Gasteiger partial charge in [-0.3, -0.25) is 9.97 Å². The molecule has 18 heavy (non-hydrogen) atoms. The van der Waals surface area contributed by atoms with Crippen LogP contribution in [0.15, 0.2) is 48.9 Å². The number of rotatable bonds is 0. The Balaban J connectivity index is 0. The monoisotopic (exact) mass is 246 g/mol. The lowest BCUT2D eigenvalue weighted by Crippen LogP contribution is -1.72. The van der Waals surface area contributed by atoms with Crippen molar-refractivity contribution in [3.05, 3.63) is 60.2 Å².